The fourth-order valence-electron chi connectivity index (χ4n) is 1.46. The number of carbonyl (C=O) groups is 1. The average Bonchev–Trinajstić information content (AvgIpc) is 2.35. The van der Waals surface area contributed by atoms with Crippen molar-refractivity contribution in [2.24, 2.45) is 0 Å². The molecule has 1 rings (SSSR count). The molecular formula is C11H9F5N2O3. The zero-order chi connectivity index (χ0) is 16.2. The molecule has 21 heavy (non-hydrogen) atoms. The van der Waals surface area contributed by atoms with Gasteiger partial charge in [-0.05, 0) is 12.5 Å². The molecule has 0 spiro atoms. The lowest BCUT2D eigenvalue weighted by Crippen LogP contribution is -2.26. The van der Waals surface area contributed by atoms with Gasteiger partial charge < -0.3 is 5.32 Å². The Hall–Kier alpha value is -2.26. The van der Waals surface area contributed by atoms with Crippen LogP contribution in [0.4, 0.5) is 27.6 Å². The second kappa shape index (κ2) is 6.46. The van der Waals surface area contributed by atoms with Crippen LogP contribution in [-0.2, 0) is 0 Å². The van der Waals surface area contributed by atoms with Gasteiger partial charge in [-0.3, -0.25) is 14.9 Å². The Balaban J connectivity index is 2.77. The van der Waals surface area contributed by atoms with Crippen LogP contribution in [0.5, 0.6) is 0 Å². The van der Waals surface area contributed by atoms with Crippen molar-refractivity contribution in [3.05, 3.63) is 39.4 Å². The van der Waals surface area contributed by atoms with E-state index in [2.05, 4.69) is 0 Å². The maximum Gasteiger partial charge on any atom is 0.389 e. The fourth-order valence-corrected chi connectivity index (χ4v) is 1.46. The predicted molar refractivity (Wildman–Crippen MR) is 60.6 cm³/mol. The lowest BCUT2D eigenvalue weighted by Gasteiger charge is -2.08. The van der Waals surface area contributed by atoms with E-state index in [-0.39, 0.29) is 0 Å². The highest BCUT2D eigenvalue weighted by Crippen LogP contribution is 2.23. The van der Waals surface area contributed by atoms with Gasteiger partial charge in [0.15, 0.2) is 0 Å². The van der Waals surface area contributed by atoms with Crippen molar-refractivity contribution in [3.63, 3.8) is 0 Å². The molecule has 5 nitrogen and oxygen atoms in total. The molecule has 0 heterocycles. The molecule has 0 aliphatic carbocycles. The number of amides is 1. The zero-order valence-corrected chi connectivity index (χ0v) is 10.3. The van der Waals surface area contributed by atoms with Crippen molar-refractivity contribution in [2.45, 2.75) is 19.0 Å². The third-order valence-electron chi connectivity index (χ3n) is 2.38. The van der Waals surface area contributed by atoms with Gasteiger partial charge in [0, 0.05) is 13.0 Å². The summed E-state index contributed by atoms with van der Waals surface area (Å²) in [5.74, 6) is -3.98. The van der Waals surface area contributed by atoms with E-state index < -0.39 is 59.3 Å². The van der Waals surface area contributed by atoms with Crippen molar-refractivity contribution in [1.82, 2.24) is 5.32 Å². The van der Waals surface area contributed by atoms with Gasteiger partial charge >= 0.3 is 11.9 Å². The molecule has 0 atom stereocenters. The Bertz CT molecular complexity index is 560. The van der Waals surface area contributed by atoms with E-state index in [0.29, 0.717) is 12.1 Å². The molecule has 116 valence electrons. The molecule has 0 saturated heterocycles. The number of halogens is 5. The number of hydrogen-bond acceptors (Lipinski definition) is 3. The third kappa shape index (κ3) is 4.97. The molecule has 10 heteroatoms. The molecule has 0 aliphatic heterocycles. The minimum atomic E-state index is -4.40. The third-order valence-corrected chi connectivity index (χ3v) is 2.38. The minimum Gasteiger partial charge on any atom is -0.352 e. The van der Waals surface area contributed by atoms with E-state index in [1.807, 2.05) is 5.32 Å². The van der Waals surface area contributed by atoms with Crippen molar-refractivity contribution in [1.29, 1.82) is 0 Å². The summed E-state index contributed by atoms with van der Waals surface area (Å²) in [6.45, 7) is -0.428. The summed E-state index contributed by atoms with van der Waals surface area (Å²) in [6, 6.07) is 0.733. The Morgan fingerprint density at radius 1 is 1.29 bits per heavy atom. The van der Waals surface area contributed by atoms with E-state index in [4.69, 9.17) is 0 Å². The van der Waals surface area contributed by atoms with E-state index in [1.54, 1.807) is 0 Å². The number of hydrogen-bond donors (Lipinski definition) is 1. The molecule has 0 fully saturated rings. The van der Waals surface area contributed by atoms with E-state index >= 15 is 0 Å². The number of carbonyl (C=O) groups excluding carboxylic acids is 1. The van der Waals surface area contributed by atoms with Crippen LogP contribution in [0.1, 0.15) is 23.2 Å². The number of nitro benzene ring substituents is 1. The van der Waals surface area contributed by atoms with Gasteiger partial charge in [0.05, 0.1) is 16.6 Å². The molecule has 1 amide bonds. The van der Waals surface area contributed by atoms with Crippen molar-refractivity contribution < 1.29 is 31.7 Å². The highest BCUT2D eigenvalue weighted by atomic mass is 19.4. The fraction of sp³-hybridized carbons (Fsp3) is 0.364. The first-order valence-corrected chi connectivity index (χ1v) is 5.60. The molecule has 1 N–H and O–H groups in total. The van der Waals surface area contributed by atoms with Crippen LogP contribution in [0.2, 0.25) is 0 Å². The summed E-state index contributed by atoms with van der Waals surface area (Å²) in [6.07, 6.45) is -6.00. The van der Waals surface area contributed by atoms with Gasteiger partial charge in [0.1, 0.15) is 5.82 Å². The molecule has 1 aromatic rings. The van der Waals surface area contributed by atoms with E-state index in [1.165, 1.54) is 0 Å². The highest BCUT2D eigenvalue weighted by molar-refractivity contribution is 5.95. The number of nitrogens with zero attached hydrogens (tertiary/aromatic N) is 1. The van der Waals surface area contributed by atoms with Crippen molar-refractivity contribution in [3.8, 4) is 0 Å². The molecule has 0 bridgehead atoms. The maximum absolute atomic E-state index is 13.6. The van der Waals surface area contributed by atoms with Crippen LogP contribution in [0, 0.1) is 21.7 Å². The Labute approximate surface area is 114 Å². The summed E-state index contributed by atoms with van der Waals surface area (Å²) >= 11 is 0. The first-order valence-electron chi connectivity index (χ1n) is 5.60. The maximum atomic E-state index is 13.6. The van der Waals surface area contributed by atoms with Crippen LogP contribution in [0.15, 0.2) is 12.1 Å². The summed E-state index contributed by atoms with van der Waals surface area (Å²) < 4.78 is 62.3. The molecule has 0 radical (unpaired) electrons. The van der Waals surface area contributed by atoms with Crippen molar-refractivity contribution >= 4 is 11.6 Å². The van der Waals surface area contributed by atoms with Crippen LogP contribution in [0.3, 0.4) is 0 Å². The van der Waals surface area contributed by atoms with E-state index in [0.717, 1.165) is 0 Å². The normalized spacial score (nSPS) is 11.3. The topological polar surface area (TPSA) is 72.2 Å². The quantitative estimate of drug-likeness (QED) is 0.393. The van der Waals surface area contributed by atoms with Crippen LogP contribution < -0.4 is 5.32 Å². The molecule has 0 aliphatic rings. The van der Waals surface area contributed by atoms with Crippen LogP contribution in [-0.4, -0.2) is 23.6 Å². The molecule has 0 saturated carbocycles. The smallest absolute Gasteiger partial charge is 0.352 e. The SMILES string of the molecule is O=C(NCCCC(F)(F)F)c1cc(F)cc([N+](=O)[O-])c1F. The molecule has 0 aromatic heterocycles. The largest absolute Gasteiger partial charge is 0.389 e. The number of alkyl halides is 3. The van der Waals surface area contributed by atoms with Gasteiger partial charge in [-0.25, -0.2) is 4.39 Å². The van der Waals surface area contributed by atoms with Crippen LogP contribution >= 0.6 is 0 Å². The second-order valence-electron chi connectivity index (χ2n) is 4.02. The van der Waals surface area contributed by atoms with Gasteiger partial charge in [0.25, 0.3) is 5.91 Å². The standard InChI is InChI=1S/C11H9F5N2O3/c12-6-4-7(9(13)8(5-6)18(20)21)10(19)17-3-1-2-11(14,15)16/h4-5H,1-3H2,(H,17,19). The summed E-state index contributed by atoms with van der Waals surface area (Å²) in [7, 11) is 0. The lowest BCUT2D eigenvalue weighted by molar-refractivity contribution is -0.387. The summed E-state index contributed by atoms with van der Waals surface area (Å²) in [5.41, 5.74) is -2.16. The Morgan fingerprint density at radius 2 is 1.90 bits per heavy atom. The summed E-state index contributed by atoms with van der Waals surface area (Å²) in [5, 5.41) is 12.4. The number of nitrogens with one attached hydrogen (secondary N) is 1. The number of nitro groups is 1. The minimum absolute atomic E-state index is 0.301. The first kappa shape index (κ1) is 16.8. The second-order valence-corrected chi connectivity index (χ2v) is 4.02. The average molecular weight is 312 g/mol. The zero-order valence-electron chi connectivity index (χ0n) is 10.3. The molecule has 0 unspecified atom stereocenters. The molecule has 1 aromatic carbocycles. The first-order chi connectivity index (χ1) is 9.61. The van der Waals surface area contributed by atoms with Gasteiger partial charge in [-0.1, -0.05) is 0 Å². The molecular weight excluding hydrogens is 303 g/mol. The monoisotopic (exact) mass is 312 g/mol. The van der Waals surface area contributed by atoms with E-state index in [9.17, 15) is 36.9 Å². The van der Waals surface area contributed by atoms with Gasteiger partial charge in [-0.15, -0.1) is 0 Å². The van der Waals surface area contributed by atoms with Gasteiger partial charge in [0.2, 0.25) is 5.82 Å². The van der Waals surface area contributed by atoms with Crippen molar-refractivity contribution in [2.75, 3.05) is 6.54 Å². The number of benzene rings is 1. The Morgan fingerprint density at radius 3 is 2.43 bits per heavy atom. The lowest BCUT2D eigenvalue weighted by atomic mass is 10.1. The van der Waals surface area contributed by atoms with Crippen LogP contribution in [0.25, 0.3) is 0 Å². The van der Waals surface area contributed by atoms with Gasteiger partial charge in [-0.2, -0.15) is 17.6 Å². The number of rotatable bonds is 5. The summed E-state index contributed by atoms with van der Waals surface area (Å²) in [4.78, 5) is 20.7. The highest BCUT2D eigenvalue weighted by Gasteiger charge is 2.27. The predicted octanol–water partition coefficient (Wildman–Crippen LogP) is 2.95. The Kier molecular flexibility index (Phi) is 5.17.